The molecule has 6 heteroatoms. The minimum Gasteiger partial charge on any atom is -0.508 e. The summed E-state index contributed by atoms with van der Waals surface area (Å²) in [4.78, 5) is 0. The van der Waals surface area contributed by atoms with Gasteiger partial charge in [-0.1, -0.05) is 72.8 Å². The molecule has 0 bridgehead atoms. The first-order chi connectivity index (χ1) is 23.6. The SMILES string of the molecule is Oc1ccc2ccc3c(c2c1)-c1c(ccc2c(-c4cccc5c6c(ccc45)OCOc4ccc5ccc(O)cc5c4-6)cccc12)OCO3. The smallest absolute Gasteiger partial charge is 0.230 e. The summed E-state index contributed by atoms with van der Waals surface area (Å²) in [6.45, 7) is 0.174. The van der Waals surface area contributed by atoms with Crippen LogP contribution in [0.2, 0.25) is 0 Å². The fourth-order valence-corrected chi connectivity index (χ4v) is 7.55. The molecule has 6 nitrogen and oxygen atoms in total. The minimum atomic E-state index is 0.0870. The first-order valence-corrected chi connectivity index (χ1v) is 15.8. The lowest BCUT2D eigenvalue weighted by Gasteiger charge is -2.18. The molecular weight excluding hydrogens is 600 g/mol. The van der Waals surface area contributed by atoms with Crippen LogP contribution in [0.25, 0.3) is 76.5 Å². The molecule has 0 radical (unpaired) electrons. The summed E-state index contributed by atoms with van der Waals surface area (Å²) >= 11 is 0. The van der Waals surface area contributed by atoms with Gasteiger partial charge in [0.05, 0.1) is 0 Å². The van der Waals surface area contributed by atoms with E-state index in [1.807, 2.05) is 48.5 Å². The predicted octanol–water partition coefficient (Wildman–Crippen LogP) is 10.2. The van der Waals surface area contributed by atoms with Gasteiger partial charge in [-0.2, -0.15) is 0 Å². The summed E-state index contributed by atoms with van der Waals surface area (Å²) in [5, 5.41) is 28.9. The third-order valence-corrected chi connectivity index (χ3v) is 9.63. The first-order valence-electron chi connectivity index (χ1n) is 15.8. The molecule has 10 rings (SSSR count). The molecule has 0 atom stereocenters. The standard InChI is InChI=1S/C42H26O6/c43-25-11-7-23-9-15-35-41(33(23)19-25)39-31-5-1-3-27(29(31)13-17-37(39)47-21-45-35)28-4-2-6-32-30(28)14-18-38-40(32)42-34-20-26(44)12-8-24(34)10-16-36(42)46-22-48-38/h1-20,43-44H,21-22H2. The molecular formula is C42H26O6. The van der Waals surface area contributed by atoms with Crippen LogP contribution in [0.3, 0.4) is 0 Å². The first kappa shape index (κ1) is 26.8. The molecule has 0 saturated heterocycles. The van der Waals surface area contributed by atoms with E-state index in [0.717, 1.165) is 88.0 Å². The van der Waals surface area contributed by atoms with Gasteiger partial charge < -0.3 is 29.2 Å². The largest absolute Gasteiger partial charge is 0.508 e. The maximum atomic E-state index is 10.5. The second-order valence-corrected chi connectivity index (χ2v) is 12.2. The van der Waals surface area contributed by atoms with Crippen molar-refractivity contribution in [1.29, 1.82) is 0 Å². The molecule has 0 aliphatic carbocycles. The fourth-order valence-electron chi connectivity index (χ4n) is 7.55. The maximum Gasteiger partial charge on any atom is 0.230 e. The maximum absolute atomic E-state index is 10.5. The van der Waals surface area contributed by atoms with E-state index in [4.69, 9.17) is 18.9 Å². The summed E-state index contributed by atoms with van der Waals surface area (Å²) in [5.41, 5.74) is 5.78. The van der Waals surface area contributed by atoms with Gasteiger partial charge in [-0.15, -0.1) is 0 Å². The molecule has 2 aliphatic heterocycles. The highest BCUT2D eigenvalue weighted by atomic mass is 16.7. The highest BCUT2D eigenvalue weighted by Crippen LogP contribution is 2.51. The quantitative estimate of drug-likeness (QED) is 0.189. The monoisotopic (exact) mass is 626 g/mol. The molecule has 8 aromatic carbocycles. The molecule has 2 N–H and O–H groups in total. The Labute approximate surface area is 274 Å². The van der Waals surface area contributed by atoms with E-state index in [1.165, 1.54) is 0 Å². The molecule has 230 valence electrons. The van der Waals surface area contributed by atoms with E-state index in [1.54, 1.807) is 24.3 Å². The van der Waals surface area contributed by atoms with E-state index in [-0.39, 0.29) is 25.1 Å². The summed E-state index contributed by atoms with van der Waals surface area (Å²) in [7, 11) is 0. The molecule has 2 aliphatic rings. The number of phenols is 2. The minimum absolute atomic E-state index is 0.0870. The van der Waals surface area contributed by atoms with E-state index in [9.17, 15) is 10.2 Å². The molecule has 2 heterocycles. The van der Waals surface area contributed by atoms with Crippen LogP contribution in [-0.2, 0) is 0 Å². The van der Waals surface area contributed by atoms with Crippen molar-refractivity contribution in [2.75, 3.05) is 13.6 Å². The summed E-state index contributed by atoms with van der Waals surface area (Å²) in [6.07, 6.45) is 0. The van der Waals surface area contributed by atoms with Crippen molar-refractivity contribution >= 4 is 43.1 Å². The van der Waals surface area contributed by atoms with Crippen LogP contribution in [0.1, 0.15) is 0 Å². The average molecular weight is 627 g/mol. The lowest BCUT2D eigenvalue weighted by molar-refractivity contribution is 0.124. The van der Waals surface area contributed by atoms with Gasteiger partial charge in [0, 0.05) is 22.3 Å². The summed E-state index contributed by atoms with van der Waals surface area (Å²) in [6, 6.07) is 39.7. The highest BCUT2D eigenvalue weighted by Gasteiger charge is 2.25. The van der Waals surface area contributed by atoms with Gasteiger partial charge in [0.2, 0.25) is 13.6 Å². The molecule has 0 unspecified atom stereocenters. The Morgan fingerprint density at radius 3 is 1.17 bits per heavy atom. The summed E-state index contributed by atoms with van der Waals surface area (Å²) in [5.74, 6) is 3.24. The third kappa shape index (κ3) is 3.86. The van der Waals surface area contributed by atoms with Gasteiger partial charge in [-0.25, -0.2) is 0 Å². The number of hydrogen-bond acceptors (Lipinski definition) is 6. The number of benzene rings is 8. The van der Waals surface area contributed by atoms with Crippen molar-refractivity contribution in [2.45, 2.75) is 0 Å². The van der Waals surface area contributed by atoms with E-state index >= 15 is 0 Å². The lowest BCUT2D eigenvalue weighted by atomic mass is 9.86. The van der Waals surface area contributed by atoms with Crippen LogP contribution in [-0.4, -0.2) is 23.8 Å². The topological polar surface area (TPSA) is 77.4 Å². The number of aromatic hydroxyl groups is 2. The van der Waals surface area contributed by atoms with Crippen molar-refractivity contribution in [1.82, 2.24) is 0 Å². The normalized spacial score (nSPS) is 13.2. The average Bonchev–Trinajstić information content (AvgIpc) is 3.43. The van der Waals surface area contributed by atoms with Crippen molar-refractivity contribution in [3.8, 4) is 67.9 Å². The van der Waals surface area contributed by atoms with Gasteiger partial charge in [-0.3, -0.25) is 0 Å². The second kappa shape index (κ2) is 10.0. The van der Waals surface area contributed by atoms with Crippen LogP contribution in [0.5, 0.6) is 34.5 Å². The van der Waals surface area contributed by atoms with Crippen LogP contribution < -0.4 is 18.9 Å². The third-order valence-electron chi connectivity index (χ3n) is 9.63. The van der Waals surface area contributed by atoms with Crippen LogP contribution in [0, 0.1) is 0 Å². The van der Waals surface area contributed by atoms with E-state index in [2.05, 4.69) is 48.5 Å². The number of phenolic OH excluding ortho intramolecular Hbond substituents is 2. The van der Waals surface area contributed by atoms with Crippen molar-refractivity contribution < 1.29 is 29.2 Å². The van der Waals surface area contributed by atoms with E-state index in [0.29, 0.717) is 11.5 Å². The number of hydrogen-bond donors (Lipinski definition) is 2. The Hall–Kier alpha value is -6.40. The van der Waals surface area contributed by atoms with Crippen LogP contribution in [0.4, 0.5) is 0 Å². The molecule has 0 aromatic heterocycles. The Morgan fingerprint density at radius 1 is 0.354 bits per heavy atom. The van der Waals surface area contributed by atoms with Crippen molar-refractivity contribution in [3.05, 3.63) is 121 Å². The Bertz CT molecular complexity index is 2470. The Kier molecular flexibility index (Phi) is 5.61. The van der Waals surface area contributed by atoms with Crippen LogP contribution in [0.15, 0.2) is 121 Å². The van der Waals surface area contributed by atoms with Crippen LogP contribution >= 0.6 is 0 Å². The Morgan fingerprint density at radius 2 is 0.729 bits per heavy atom. The second-order valence-electron chi connectivity index (χ2n) is 12.2. The molecule has 0 spiro atoms. The van der Waals surface area contributed by atoms with Crippen molar-refractivity contribution in [3.63, 3.8) is 0 Å². The number of ether oxygens (including phenoxy) is 4. The lowest BCUT2D eigenvalue weighted by Crippen LogP contribution is -2.03. The number of fused-ring (bicyclic) bond motifs is 14. The predicted molar refractivity (Wildman–Crippen MR) is 188 cm³/mol. The van der Waals surface area contributed by atoms with Gasteiger partial charge in [0.1, 0.15) is 34.5 Å². The van der Waals surface area contributed by atoms with Gasteiger partial charge >= 0.3 is 0 Å². The van der Waals surface area contributed by atoms with E-state index < -0.39 is 0 Å². The molecule has 0 fully saturated rings. The zero-order valence-electron chi connectivity index (χ0n) is 25.5. The van der Waals surface area contributed by atoms with Gasteiger partial charge in [0.25, 0.3) is 0 Å². The summed E-state index contributed by atoms with van der Waals surface area (Å²) < 4.78 is 24.5. The number of rotatable bonds is 1. The molecule has 8 aromatic rings. The molecule has 0 saturated carbocycles. The van der Waals surface area contributed by atoms with Gasteiger partial charge in [0.15, 0.2) is 0 Å². The zero-order valence-corrected chi connectivity index (χ0v) is 25.5. The van der Waals surface area contributed by atoms with Gasteiger partial charge in [-0.05, 0) is 103 Å². The zero-order chi connectivity index (χ0) is 31.9. The van der Waals surface area contributed by atoms with Crippen molar-refractivity contribution in [2.24, 2.45) is 0 Å². The Balaban J connectivity index is 1.26. The highest BCUT2D eigenvalue weighted by molar-refractivity contribution is 6.17. The molecule has 48 heavy (non-hydrogen) atoms. The molecule has 0 amide bonds. The fraction of sp³-hybridized carbons (Fsp3) is 0.0476.